The summed E-state index contributed by atoms with van der Waals surface area (Å²) in [6.07, 6.45) is 1.64. The lowest BCUT2D eigenvalue weighted by Gasteiger charge is -2.34. The van der Waals surface area contributed by atoms with E-state index >= 15 is 0 Å². The maximum absolute atomic E-state index is 12.8. The molecule has 3 rings (SSSR count). The van der Waals surface area contributed by atoms with Crippen LogP contribution in [0.1, 0.15) is 37.0 Å². The van der Waals surface area contributed by atoms with Gasteiger partial charge in [-0.3, -0.25) is 0 Å². The molecule has 0 amide bonds. The second-order valence-electron chi connectivity index (χ2n) is 7.55. The number of sulfonamides is 1. The van der Waals surface area contributed by atoms with Crippen LogP contribution in [0.15, 0.2) is 29.2 Å². The van der Waals surface area contributed by atoms with Crippen LogP contribution >= 0.6 is 23.2 Å². The number of rotatable bonds is 5. The van der Waals surface area contributed by atoms with E-state index in [4.69, 9.17) is 27.9 Å². The number of carbonyl (C=O) groups excluding carboxylic acids is 1. The van der Waals surface area contributed by atoms with Gasteiger partial charge in [0.2, 0.25) is 10.0 Å². The van der Waals surface area contributed by atoms with Gasteiger partial charge in [0.1, 0.15) is 4.33 Å². The fraction of sp³-hybridized carbons (Fsp3) is 0.611. The topological polar surface area (TPSA) is 63.7 Å². The zero-order valence-electron chi connectivity index (χ0n) is 14.8. The quantitative estimate of drug-likeness (QED) is 0.538. The highest BCUT2D eigenvalue weighted by Crippen LogP contribution is 2.53. The molecule has 2 fully saturated rings. The summed E-state index contributed by atoms with van der Waals surface area (Å²) in [5, 5.41) is 0. The number of alkyl halides is 2. The van der Waals surface area contributed by atoms with Crippen molar-refractivity contribution in [1.29, 1.82) is 0 Å². The second kappa shape index (κ2) is 7.30. The van der Waals surface area contributed by atoms with Gasteiger partial charge in [-0.1, -0.05) is 13.8 Å². The fourth-order valence-corrected chi connectivity index (χ4v) is 5.60. The first kappa shape index (κ1) is 19.9. The molecule has 1 aliphatic heterocycles. The highest BCUT2D eigenvalue weighted by atomic mass is 35.5. The van der Waals surface area contributed by atoms with Crippen molar-refractivity contribution in [2.75, 3.05) is 19.7 Å². The summed E-state index contributed by atoms with van der Waals surface area (Å²) in [5.41, 5.74) is 0.305. The molecule has 1 aromatic rings. The largest absolute Gasteiger partial charge is 0.462 e. The van der Waals surface area contributed by atoms with E-state index in [9.17, 15) is 13.2 Å². The molecule has 1 aliphatic carbocycles. The normalized spacial score (nSPS) is 28.5. The Morgan fingerprint density at radius 1 is 1.19 bits per heavy atom. The molecular weight excluding hydrogens is 397 g/mol. The second-order valence-corrected chi connectivity index (χ2v) is 11.0. The lowest BCUT2D eigenvalue weighted by molar-refractivity contribution is 0.0485. The Morgan fingerprint density at radius 3 is 2.23 bits per heavy atom. The molecule has 0 spiro atoms. The Morgan fingerprint density at radius 2 is 1.73 bits per heavy atom. The molecular formula is C18H23Cl2NO4S. The van der Waals surface area contributed by atoms with E-state index in [0.29, 0.717) is 36.9 Å². The first-order valence-corrected chi connectivity index (χ1v) is 10.9. The Bertz CT molecular complexity index is 769. The average Bonchev–Trinajstić information content (AvgIpc) is 3.19. The van der Waals surface area contributed by atoms with Crippen molar-refractivity contribution in [2.24, 2.45) is 17.8 Å². The fourth-order valence-electron chi connectivity index (χ4n) is 3.42. The predicted molar refractivity (Wildman–Crippen MR) is 101 cm³/mol. The van der Waals surface area contributed by atoms with Crippen molar-refractivity contribution in [3.05, 3.63) is 29.8 Å². The van der Waals surface area contributed by atoms with Crippen molar-refractivity contribution in [1.82, 2.24) is 4.31 Å². The van der Waals surface area contributed by atoms with Crippen LogP contribution in [0, 0.1) is 17.8 Å². The molecule has 3 atom stereocenters. The number of hydrogen-bond acceptors (Lipinski definition) is 4. The van der Waals surface area contributed by atoms with Crippen molar-refractivity contribution < 1.29 is 17.9 Å². The molecule has 1 saturated carbocycles. The smallest absolute Gasteiger partial charge is 0.338 e. The minimum atomic E-state index is -3.56. The molecule has 0 bridgehead atoms. The lowest BCUT2D eigenvalue weighted by Crippen LogP contribution is -2.42. The van der Waals surface area contributed by atoms with Gasteiger partial charge >= 0.3 is 5.97 Å². The summed E-state index contributed by atoms with van der Waals surface area (Å²) in [5.74, 6) is 0.116. The van der Waals surface area contributed by atoms with Crippen molar-refractivity contribution in [3.63, 3.8) is 0 Å². The van der Waals surface area contributed by atoms with Crippen molar-refractivity contribution in [2.45, 2.75) is 35.9 Å². The molecule has 0 N–H and O–H groups in total. The Hall–Kier alpha value is -0.820. The number of halogens is 2. The minimum absolute atomic E-state index is 0.0440. The van der Waals surface area contributed by atoms with E-state index in [0.717, 1.165) is 6.42 Å². The van der Waals surface area contributed by atoms with Crippen LogP contribution in [0.4, 0.5) is 0 Å². The van der Waals surface area contributed by atoms with Gasteiger partial charge in [-0.05, 0) is 48.9 Å². The molecule has 26 heavy (non-hydrogen) atoms. The van der Waals surface area contributed by atoms with Crippen LogP contribution < -0.4 is 0 Å². The van der Waals surface area contributed by atoms with Crippen LogP contribution in [-0.2, 0) is 14.8 Å². The summed E-state index contributed by atoms with van der Waals surface area (Å²) in [6.45, 7) is 5.34. The van der Waals surface area contributed by atoms with E-state index in [1.165, 1.54) is 28.6 Å². The molecule has 1 heterocycles. The van der Waals surface area contributed by atoms with Gasteiger partial charge in [0, 0.05) is 19.0 Å². The first-order valence-electron chi connectivity index (χ1n) is 8.75. The molecule has 1 saturated heterocycles. The van der Waals surface area contributed by atoms with Gasteiger partial charge in [0.25, 0.3) is 0 Å². The number of piperidine rings is 1. The monoisotopic (exact) mass is 419 g/mol. The molecule has 0 radical (unpaired) electrons. The number of esters is 1. The summed E-state index contributed by atoms with van der Waals surface area (Å²) in [6, 6.07) is 5.88. The lowest BCUT2D eigenvalue weighted by atomic mass is 9.94. The Balaban J connectivity index is 1.65. The number of carbonyl (C=O) groups is 1. The van der Waals surface area contributed by atoms with E-state index in [-0.39, 0.29) is 17.4 Å². The summed E-state index contributed by atoms with van der Waals surface area (Å²) < 4.78 is 31.6. The van der Waals surface area contributed by atoms with E-state index < -0.39 is 20.3 Å². The maximum atomic E-state index is 12.8. The van der Waals surface area contributed by atoms with E-state index in [1.807, 2.05) is 0 Å². The zero-order chi connectivity index (χ0) is 19.1. The van der Waals surface area contributed by atoms with Gasteiger partial charge < -0.3 is 4.74 Å². The Labute approximate surface area is 164 Å². The average molecular weight is 420 g/mol. The van der Waals surface area contributed by atoms with Gasteiger partial charge in [-0.25, -0.2) is 13.2 Å². The van der Waals surface area contributed by atoms with Crippen LogP contribution in [-0.4, -0.2) is 42.7 Å². The number of benzene rings is 1. The van der Waals surface area contributed by atoms with Crippen LogP contribution in [0.25, 0.3) is 0 Å². The summed E-state index contributed by atoms with van der Waals surface area (Å²) in [4.78, 5) is 12.3. The highest BCUT2D eigenvalue weighted by molar-refractivity contribution is 7.89. The Kier molecular flexibility index (Phi) is 5.60. The number of nitrogens with zero attached hydrogens (tertiary/aromatic N) is 1. The van der Waals surface area contributed by atoms with E-state index in [1.54, 1.807) is 0 Å². The van der Waals surface area contributed by atoms with E-state index in [2.05, 4.69) is 13.8 Å². The molecule has 8 heteroatoms. The molecule has 0 aromatic heterocycles. The summed E-state index contributed by atoms with van der Waals surface area (Å²) >= 11 is 11.8. The van der Waals surface area contributed by atoms with Crippen LogP contribution in [0.3, 0.4) is 0 Å². The van der Waals surface area contributed by atoms with Gasteiger partial charge in [-0.15, -0.1) is 23.2 Å². The van der Waals surface area contributed by atoms with Crippen LogP contribution in [0.5, 0.6) is 0 Å². The van der Waals surface area contributed by atoms with Gasteiger partial charge in [0.05, 0.1) is 17.1 Å². The van der Waals surface area contributed by atoms with Crippen molar-refractivity contribution >= 4 is 39.2 Å². The molecule has 144 valence electrons. The first-order chi connectivity index (χ1) is 12.1. The number of hydrogen-bond donors (Lipinski definition) is 0. The standard InChI is InChI=1S/C18H23Cl2NO4S/c1-12-7-13(2)10-21(9-12)26(23,24)16-5-3-14(4-6-16)17(22)25-11-15-8-18(15,19)20/h3-6,12-13,15H,7-11H2,1-2H3/t12-,13-,15-/m0/s1. The van der Waals surface area contributed by atoms with Crippen molar-refractivity contribution in [3.8, 4) is 0 Å². The SMILES string of the molecule is C[C@H]1C[C@H](C)CN(S(=O)(=O)c2ccc(C(=O)OC[C@@H]3CC3(Cl)Cl)cc2)C1. The third-order valence-electron chi connectivity index (χ3n) is 4.93. The van der Waals surface area contributed by atoms with Crippen LogP contribution in [0.2, 0.25) is 0 Å². The predicted octanol–water partition coefficient (Wildman–Crippen LogP) is 3.70. The van der Waals surface area contributed by atoms with Gasteiger partial charge in [-0.2, -0.15) is 4.31 Å². The maximum Gasteiger partial charge on any atom is 0.338 e. The van der Waals surface area contributed by atoms with Gasteiger partial charge in [0.15, 0.2) is 0 Å². The zero-order valence-corrected chi connectivity index (χ0v) is 17.1. The third-order valence-corrected chi connectivity index (χ3v) is 7.71. The number of ether oxygens (including phenoxy) is 1. The molecule has 2 aliphatic rings. The third kappa shape index (κ3) is 4.35. The molecule has 5 nitrogen and oxygen atoms in total. The highest BCUT2D eigenvalue weighted by Gasteiger charge is 2.52. The molecule has 1 aromatic carbocycles. The summed E-state index contributed by atoms with van der Waals surface area (Å²) in [7, 11) is -3.56. The minimum Gasteiger partial charge on any atom is -0.462 e. The molecule has 0 unspecified atom stereocenters.